The maximum absolute atomic E-state index is 11.1. The Morgan fingerprint density at radius 1 is 1.47 bits per heavy atom. The van der Waals surface area contributed by atoms with Crippen molar-refractivity contribution in [1.29, 1.82) is 0 Å². The van der Waals surface area contributed by atoms with E-state index in [9.17, 15) is 14.4 Å². The summed E-state index contributed by atoms with van der Waals surface area (Å²) in [6, 6.07) is 0.923. The van der Waals surface area contributed by atoms with Crippen LogP contribution in [0.5, 0.6) is 0 Å². The first kappa shape index (κ1) is 14.8. The minimum absolute atomic E-state index is 0. The summed E-state index contributed by atoms with van der Waals surface area (Å²) in [5, 5.41) is 8.30. The third-order valence-corrected chi connectivity index (χ3v) is 1.77. The van der Waals surface area contributed by atoms with Crippen LogP contribution in [0, 0.1) is 0 Å². The van der Waals surface area contributed by atoms with E-state index in [-0.39, 0.29) is 62.0 Å². The van der Waals surface area contributed by atoms with Crippen molar-refractivity contribution in [2.24, 2.45) is 5.73 Å². The Balaban J connectivity index is 0.00000196. The molecule has 6 nitrogen and oxygen atoms in total. The first-order chi connectivity index (χ1) is 6.43. The normalized spacial score (nSPS) is 9.13. The van der Waals surface area contributed by atoms with Crippen molar-refractivity contribution in [3.8, 4) is 0 Å². The van der Waals surface area contributed by atoms with E-state index < -0.39 is 23.1 Å². The summed E-state index contributed by atoms with van der Waals surface area (Å²) in [5.41, 5.74) is 3.12. The second kappa shape index (κ2) is 5.78. The quantitative estimate of drug-likeness (QED) is 0.484. The largest absolute Gasteiger partial charge is 1.00 e. The topological polar surface area (TPSA) is 113 Å². The molecule has 1 rings (SSSR count). The van der Waals surface area contributed by atoms with Crippen LogP contribution >= 0.6 is 11.6 Å². The van der Waals surface area contributed by atoms with Gasteiger partial charge in [-0.15, -0.1) is 0 Å². The van der Waals surface area contributed by atoms with Crippen LogP contribution in [0.2, 0.25) is 5.02 Å². The van der Waals surface area contributed by atoms with Gasteiger partial charge in [-0.3, -0.25) is 9.59 Å². The molecule has 74 valence electrons. The van der Waals surface area contributed by atoms with E-state index in [1.54, 1.807) is 0 Å². The Morgan fingerprint density at radius 3 is 2.40 bits per heavy atom. The molecule has 0 radical (unpaired) electrons. The number of hydrogen-bond acceptors (Lipinski definition) is 3. The van der Waals surface area contributed by atoms with Gasteiger partial charge in [-0.05, 0) is 6.07 Å². The summed E-state index contributed by atoms with van der Waals surface area (Å²) in [7, 11) is 0. The number of carboxylic acids is 1. The van der Waals surface area contributed by atoms with Crippen LogP contribution in [0.25, 0.3) is 0 Å². The predicted molar refractivity (Wildman–Crippen MR) is 47.5 cm³/mol. The molecule has 0 fully saturated rings. The summed E-state index contributed by atoms with van der Waals surface area (Å²) in [6.45, 7) is 0. The van der Waals surface area contributed by atoms with Crippen LogP contribution in [0.15, 0.2) is 10.9 Å². The first-order valence-electron chi connectivity index (χ1n) is 3.39. The Bertz CT molecular complexity index is 471. The fourth-order valence-corrected chi connectivity index (χ4v) is 1.08. The van der Waals surface area contributed by atoms with Crippen molar-refractivity contribution in [3.63, 3.8) is 0 Å². The molecule has 0 aromatic carbocycles. The van der Waals surface area contributed by atoms with Gasteiger partial charge in [0.1, 0.15) is 11.3 Å². The molecule has 0 aliphatic heterocycles. The molecular formula is C7H5ClKN2O4+. The fraction of sp³-hybridized carbons (Fsp3) is 0. The zero-order chi connectivity index (χ0) is 10.9. The monoisotopic (exact) mass is 255 g/mol. The number of aromatic amines is 1. The number of rotatable bonds is 2. The fourth-order valence-electron chi connectivity index (χ4n) is 0.844. The van der Waals surface area contributed by atoms with E-state index in [0.29, 0.717) is 0 Å². The molecule has 0 bridgehead atoms. The van der Waals surface area contributed by atoms with Crippen molar-refractivity contribution < 1.29 is 66.1 Å². The first-order valence-corrected chi connectivity index (χ1v) is 3.77. The Labute approximate surface area is 131 Å². The maximum Gasteiger partial charge on any atom is 1.00 e. The van der Waals surface area contributed by atoms with Gasteiger partial charge in [0, 0.05) is 0 Å². The molecule has 0 aliphatic carbocycles. The molecule has 0 aliphatic rings. The van der Waals surface area contributed by atoms with Crippen LogP contribution in [0.3, 0.4) is 0 Å². The average molecular weight is 256 g/mol. The number of halogens is 1. The molecule has 1 heterocycles. The number of aromatic carboxylic acids is 1. The number of hydrogen-bond donors (Lipinski definition) is 3. The molecule has 0 saturated carbocycles. The Kier molecular flexibility index (Phi) is 5.71. The number of carbonyl (C=O) groups is 2. The molecule has 4 N–H and O–H groups in total. The molecule has 0 saturated heterocycles. The van der Waals surface area contributed by atoms with Gasteiger partial charge >= 0.3 is 57.4 Å². The maximum atomic E-state index is 11.1. The minimum atomic E-state index is -1.39. The second-order valence-electron chi connectivity index (χ2n) is 2.40. The standard InChI is InChI=1S/C7H5ClN2O4.K/c8-3-1-2(5(9)11)6(12)10-4(3)7(13)14;/h1H,(H2,9,11)(H,10,12)(H,13,14);/q;+1. The number of pyridine rings is 1. The van der Waals surface area contributed by atoms with Crippen molar-refractivity contribution in [1.82, 2.24) is 4.98 Å². The molecule has 0 spiro atoms. The summed E-state index contributed by atoms with van der Waals surface area (Å²) in [4.78, 5) is 34.1. The molecule has 1 aromatic heterocycles. The second-order valence-corrected chi connectivity index (χ2v) is 2.81. The van der Waals surface area contributed by atoms with E-state index in [1.807, 2.05) is 4.98 Å². The number of nitrogens with two attached hydrogens (primary N) is 1. The van der Waals surface area contributed by atoms with Crippen LogP contribution in [-0.2, 0) is 0 Å². The summed E-state index contributed by atoms with van der Waals surface area (Å²) < 4.78 is 0. The van der Waals surface area contributed by atoms with Gasteiger partial charge in [-0.2, -0.15) is 0 Å². The summed E-state index contributed by atoms with van der Waals surface area (Å²) in [6.07, 6.45) is 0. The van der Waals surface area contributed by atoms with Gasteiger partial charge in [-0.25, -0.2) is 4.79 Å². The van der Waals surface area contributed by atoms with Gasteiger partial charge in [0.2, 0.25) is 0 Å². The van der Waals surface area contributed by atoms with Gasteiger partial charge in [-0.1, -0.05) is 11.6 Å². The van der Waals surface area contributed by atoms with Gasteiger partial charge in [0.05, 0.1) is 5.02 Å². The van der Waals surface area contributed by atoms with Gasteiger partial charge in [0.15, 0.2) is 0 Å². The van der Waals surface area contributed by atoms with Crippen molar-refractivity contribution >= 4 is 23.5 Å². The molecule has 0 unspecified atom stereocenters. The summed E-state index contributed by atoms with van der Waals surface area (Å²) in [5.74, 6) is -2.35. The number of carbonyl (C=O) groups excluding carboxylic acids is 1. The number of H-pyrrole nitrogens is 1. The molecule has 8 heteroatoms. The number of nitrogens with one attached hydrogen (secondary N) is 1. The van der Waals surface area contributed by atoms with Crippen molar-refractivity contribution in [3.05, 3.63) is 32.7 Å². The molecular weight excluding hydrogens is 251 g/mol. The average Bonchev–Trinajstić information content (AvgIpc) is 2.07. The predicted octanol–water partition coefficient (Wildman–Crippen LogP) is -3.17. The zero-order valence-corrected chi connectivity index (χ0v) is 11.6. The Morgan fingerprint density at radius 2 is 2.00 bits per heavy atom. The van der Waals surface area contributed by atoms with E-state index >= 15 is 0 Å². The molecule has 15 heavy (non-hydrogen) atoms. The van der Waals surface area contributed by atoms with E-state index in [1.165, 1.54) is 0 Å². The van der Waals surface area contributed by atoms with Gasteiger partial charge in [0.25, 0.3) is 11.5 Å². The smallest absolute Gasteiger partial charge is 0.477 e. The summed E-state index contributed by atoms with van der Waals surface area (Å²) >= 11 is 5.48. The van der Waals surface area contributed by atoms with E-state index in [0.717, 1.165) is 6.07 Å². The van der Waals surface area contributed by atoms with Crippen LogP contribution in [-0.4, -0.2) is 22.0 Å². The number of amides is 1. The van der Waals surface area contributed by atoms with Crippen molar-refractivity contribution in [2.45, 2.75) is 0 Å². The zero-order valence-electron chi connectivity index (χ0n) is 7.70. The number of carboxylic acid groups (broad SMARTS) is 1. The van der Waals surface area contributed by atoms with E-state index in [2.05, 4.69) is 0 Å². The molecule has 1 aromatic rings. The molecule has 0 atom stereocenters. The SMILES string of the molecule is NC(=O)c1cc(Cl)c(C(=O)O)[nH]c1=O.[K+]. The van der Waals surface area contributed by atoms with Crippen molar-refractivity contribution in [2.75, 3.05) is 0 Å². The van der Waals surface area contributed by atoms with Crippen LogP contribution in [0.1, 0.15) is 20.8 Å². The third-order valence-electron chi connectivity index (χ3n) is 1.47. The number of primary amides is 1. The third kappa shape index (κ3) is 3.40. The molecule has 1 amide bonds. The van der Waals surface area contributed by atoms with Crippen LogP contribution < -0.4 is 62.7 Å². The minimum Gasteiger partial charge on any atom is -0.477 e. The van der Waals surface area contributed by atoms with Crippen LogP contribution in [0.4, 0.5) is 0 Å². The number of aromatic nitrogens is 1. The van der Waals surface area contributed by atoms with E-state index in [4.69, 9.17) is 22.4 Å². The Hall–Kier alpha value is -0.184. The van der Waals surface area contributed by atoms with Gasteiger partial charge < -0.3 is 15.8 Å².